The molecule has 2 N–H and O–H groups in total. The third kappa shape index (κ3) is 3.08. The first-order chi connectivity index (χ1) is 8.06. The molecular formula is C10H8BrClN2O2S. The molecule has 0 saturated heterocycles. The van der Waals surface area contributed by atoms with Gasteiger partial charge in [-0.05, 0) is 28.1 Å². The second-order valence-corrected chi connectivity index (χ2v) is 6.01. The van der Waals surface area contributed by atoms with Crippen LogP contribution < -0.4 is 0 Å². The van der Waals surface area contributed by atoms with Crippen molar-refractivity contribution in [2.45, 2.75) is 12.3 Å². The predicted octanol–water partition coefficient (Wildman–Crippen LogP) is 3.49. The predicted molar refractivity (Wildman–Crippen MR) is 69.7 cm³/mol. The van der Waals surface area contributed by atoms with Gasteiger partial charge >= 0.3 is 5.97 Å². The summed E-state index contributed by atoms with van der Waals surface area (Å²) in [6, 6.07) is 3.59. The van der Waals surface area contributed by atoms with E-state index in [1.165, 1.54) is 11.3 Å². The van der Waals surface area contributed by atoms with E-state index in [2.05, 4.69) is 25.9 Å². The molecule has 0 saturated carbocycles. The number of H-pyrrole nitrogens is 1. The first-order valence-electron chi connectivity index (χ1n) is 4.73. The van der Waals surface area contributed by atoms with Crippen molar-refractivity contribution < 1.29 is 9.90 Å². The third-order valence-corrected chi connectivity index (χ3v) is 3.96. The molecule has 0 aliphatic heterocycles. The van der Waals surface area contributed by atoms with E-state index in [4.69, 9.17) is 16.7 Å². The van der Waals surface area contributed by atoms with E-state index < -0.39 is 5.97 Å². The lowest BCUT2D eigenvalue weighted by Crippen LogP contribution is -2.08. The molecule has 2 aromatic heterocycles. The van der Waals surface area contributed by atoms with E-state index in [0.717, 1.165) is 9.48 Å². The van der Waals surface area contributed by atoms with Crippen LogP contribution in [0.4, 0.5) is 0 Å². The van der Waals surface area contributed by atoms with Gasteiger partial charge in [-0.2, -0.15) is 0 Å². The SMILES string of the molecule is O=C(O)CC(c1ncc(Br)[nH]1)c1ccc(Cl)s1. The first kappa shape index (κ1) is 12.6. The quantitative estimate of drug-likeness (QED) is 0.899. The Morgan fingerprint density at radius 3 is 2.88 bits per heavy atom. The Balaban J connectivity index is 2.34. The lowest BCUT2D eigenvalue weighted by atomic mass is 10.0. The van der Waals surface area contributed by atoms with Gasteiger partial charge < -0.3 is 10.1 Å². The van der Waals surface area contributed by atoms with Crippen molar-refractivity contribution in [3.63, 3.8) is 0 Å². The van der Waals surface area contributed by atoms with Crippen molar-refractivity contribution in [3.05, 3.63) is 38.0 Å². The maximum atomic E-state index is 10.9. The molecule has 0 fully saturated rings. The summed E-state index contributed by atoms with van der Waals surface area (Å²) >= 11 is 10.5. The van der Waals surface area contributed by atoms with Crippen LogP contribution in [0.25, 0.3) is 0 Å². The molecule has 1 unspecified atom stereocenters. The Kier molecular flexibility index (Phi) is 3.86. The molecule has 0 bridgehead atoms. The van der Waals surface area contributed by atoms with Gasteiger partial charge in [-0.3, -0.25) is 4.79 Å². The summed E-state index contributed by atoms with van der Waals surface area (Å²) in [5.74, 6) is -0.541. The van der Waals surface area contributed by atoms with Crippen LogP contribution in [-0.2, 0) is 4.79 Å². The van der Waals surface area contributed by atoms with E-state index in [-0.39, 0.29) is 12.3 Å². The third-order valence-electron chi connectivity index (χ3n) is 2.21. The van der Waals surface area contributed by atoms with Gasteiger partial charge in [0.05, 0.1) is 22.9 Å². The zero-order chi connectivity index (χ0) is 12.4. The number of aromatic amines is 1. The number of carboxylic acids is 1. The Hall–Kier alpha value is -0.850. The van der Waals surface area contributed by atoms with Gasteiger partial charge in [-0.15, -0.1) is 11.3 Å². The standard InChI is InChI=1S/C10H8BrClN2O2S/c11-7-4-13-10(14-7)5(3-9(15)16)6-1-2-8(12)17-6/h1-2,4-5H,3H2,(H,13,14)(H,15,16). The number of halogens is 2. The highest BCUT2D eigenvalue weighted by Crippen LogP contribution is 2.34. The lowest BCUT2D eigenvalue weighted by Gasteiger charge is -2.09. The molecule has 0 aliphatic rings. The van der Waals surface area contributed by atoms with E-state index in [1.54, 1.807) is 12.3 Å². The summed E-state index contributed by atoms with van der Waals surface area (Å²) in [6.07, 6.45) is 1.59. The Morgan fingerprint density at radius 2 is 2.41 bits per heavy atom. The van der Waals surface area contributed by atoms with Crippen molar-refractivity contribution >= 4 is 44.8 Å². The highest BCUT2D eigenvalue weighted by Gasteiger charge is 2.22. The fraction of sp³-hybridized carbons (Fsp3) is 0.200. The van der Waals surface area contributed by atoms with E-state index in [1.807, 2.05) is 6.07 Å². The molecule has 0 spiro atoms. The Bertz CT molecular complexity index is 500. The van der Waals surface area contributed by atoms with Crippen molar-refractivity contribution in [2.75, 3.05) is 0 Å². The monoisotopic (exact) mass is 334 g/mol. The van der Waals surface area contributed by atoms with Crippen molar-refractivity contribution in [3.8, 4) is 0 Å². The zero-order valence-corrected chi connectivity index (χ0v) is 11.6. The van der Waals surface area contributed by atoms with E-state index in [0.29, 0.717) is 10.2 Å². The molecule has 0 radical (unpaired) electrons. The van der Waals surface area contributed by atoms with Crippen molar-refractivity contribution in [1.29, 1.82) is 0 Å². The minimum Gasteiger partial charge on any atom is -0.481 e. The van der Waals surface area contributed by atoms with Gasteiger partial charge in [-0.1, -0.05) is 11.6 Å². The Morgan fingerprint density at radius 1 is 1.65 bits per heavy atom. The van der Waals surface area contributed by atoms with Gasteiger partial charge in [0.15, 0.2) is 0 Å². The van der Waals surface area contributed by atoms with Gasteiger partial charge in [-0.25, -0.2) is 4.98 Å². The van der Waals surface area contributed by atoms with Crippen LogP contribution in [0.3, 0.4) is 0 Å². The number of thiophene rings is 1. The number of imidazole rings is 1. The number of rotatable bonds is 4. The van der Waals surface area contributed by atoms with Crippen LogP contribution in [-0.4, -0.2) is 21.0 Å². The van der Waals surface area contributed by atoms with E-state index in [9.17, 15) is 4.79 Å². The number of nitrogens with one attached hydrogen (secondary N) is 1. The van der Waals surface area contributed by atoms with Crippen LogP contribution in [0.15, 0.2) is 22.9 Å². The van der Waals surface area contributed by atoms with Crippen molar-refractivity contribution in [1.82, 2.24) is 9.97 Å². The lowest BCUT2D eigenvalue weighted by molar-refractivity contribution is -0.137. The number of nitrogens with zero attached hydrogens (tertiary/aromatic N) is 1. The van der Waals surface area contributed by atoms with Crippen LogP contribution in [0.5, 0.6) is 0 Å². The second-order valence-electron chi connectivity index (χ2n) is 3.41. The maximum absolute atomic E-state index is 10.9. The minimum atomic E-state index is -0.868. The average Bonchev–Trinajstić information content (AvgIpc) is 2.84. The topological polar surface area (TPSA) is 66.0 Å². The summed E-state index contributed by atoms with van der Waals surface area (Å²) in [6.45, 7) is 0. The smallest absolute Gasteiger partial charge is 0.304 e. The molecule has 0 aromatic carbocycles. The van der Waals surface area contributed by atoms with Crippen LogP contribution in [0.1, 0.15) is 23.0 Å². The first-order valence-corrected chi connectivity index (χ1v) is 6.72. The molecule has 0 amide bonds. The van der Waals surface area contributed by atoms with Crippen molar-refractivity contribution in [2.24, 2.45) is 0 Å². The molecule has 2 aromatic rings. The summed E-state index contributed by atoms with van der Waals surface area (Å²) in [7, 11) is 0. The summed E-state index contributed by atoms with van der Waals surface area (Å²) in [5, 5.41) is 8.94. The van der Waals surface area contributed by atoms with Gasteiger partial charge in [0.25, 0.3) is 0 Å². The summed E-state index contributed by atoms with van der Waals surface area (Å²) in [4.78, 5) is 18.9. The molecule has 2 rings (SSSR count). The largest absolute Gasteiger partial charge is 0.481 e. The summed E-state index contributed by atoms with van der Waals surface area (Å²) in [5.41, 5.74) is 0. The van der Waals surface area contributed by atoms with Gasteiger partial charge in [0.1, 0.15) is 10.4 Å². The molecule has 17 heavy (non-hydrogen) atoms. The molecule has 90 valence electrons. The van der Waals surface area contributed by atoms with E-state index >= 15 is 0 Å². The van der Waals surface area contributed by atoms with Crippen LogP contribution in [0, 0.1) is 0 Å². The van der Waals surface area contributed by atoms with Gasteiger partial charge in [0.2, 0.25) is 0 Å². The fourth-order valence-electron chi connectivity index (χ4n) is 1.51. The summed E-state index contributed by atoms with van der Waals surface area (Å²) < 4.78 is 1.37. The molecule has 2 heterocycles. The zero-order valence-electron chi connectivity index (χ0n) is 8.48. The minimum absolute atomic E-state index is 0.0171. The second kappa shape index (κ2) is 5.20. The van der Waals surface area contributed by atoms with Gasteiger partial charge in [0, 0.05) is 4.88 Å². The number of aliphatic carboxylic acids is 1. The normalized spacial score (nSPS) is 12.6. The number of hydrogen-bond donors (Lipinski definition) is 2. The molecule has 1 atom stereocenters. The molecule has 0 aliphatic carbocycles. The number of aromatic nitrogens is 2. The maximum Gasteiger partial charge on any atom is 0.304 e. The number of carboxylic acid groups (broad SMARTS) is 1. The molecule has 4 nitrogen and oxygen atoms in total. The molecule has 7 heteroatoms. The molecular weight excluding hydrogens is 328 g/mol. The van der Waals surface area contributed by atoms with Crippen LogP contribution >= 0.6 is 38.9 Å². The Labute approximate surface area is 115 Å². The number of hydrogen-bond acceptors (Lipinski definition) is 3. The average molecular weight is 336 g/mol. The van der Waals surface area contributed by atoms with Crippen LogP contribution in [0.2, 0.25) is 4.34 Å². The fourth-order valence-corrected chi connectivity index (χ4v) is 2.98. The highest BCUT2D eigenvalue weighted by molar-refractivity contribution is 9.10. The highest BCUT2D eigenvalue weighted by atomic mass is 79.9. The number of carbonyl (C=O) groups is 1.